The van der Waals surface area contributed by atoms with Gasteiger partial charge in [0.25, 0.3) is 0 Å². The summed E-state index contributed by atoms with van der Waals surface area (Å²) in [6, 6.07) is 0.417. The molecule has 16 heavy (non-hydrogen) atoms. The predicted molar refractivity (Wildman–Crippen MR) is 64.9 cm³/mol. The Morgan fingerprint density at radius 3 is 2.69 bits per heavy atom. The van der Waals surface area contributed by atoms with Crippen molar-refractivity contribution in [3.8, 4) is 0 Å². The number of nitrogens with zero attached hydrogens (tertiary/aromatic N) is 1. The van der Waals surface area contributed by atoms with Crippen molar-refractivity contribution in [3.05, 3.63) is 16.1 Å². The number of thiazole rings is 1. The average molecular weight is 238 g/mol. The number of aromatic nitrogens is 1. The number of hydrogen-bond donors (Lipinski definition) is 1. The Hall–Kier alpha value is -0.450. The second-order valence-electron chi connectivity index (χ2n) is 4.93. The summed E-state index contributed by atoms with van der Waals surface area (Å²) in [4.78, 5) is 4.80. The summed E-state index contributed by atoms with van der Waals surface area (Å²) in [5, 5.41) is 3.55. The standard InChI is InChI=1S/C12H18N2OS/c13-10-5-9(6-10)12-14-11(7-16-12)8-1-3-15-4-2-8/h7-10H,1-6,13H2. The van der Waals surface area contributed by atoms with E-state index in [1.165, 1.54) is 10.7 Å². The van der Waals surface area contributed by atoms with E-state index < -0.39 is 0 Å². The molecule has 2 fully saturated rings. The maximum atomic E-state index is 5.82. The first-order valence-electron chi connectivity index (χ1n) is 6.11. The van der Waals surface area contributed by atoms with E-state index in [4.69, 9.17) is 15.5 Å². The van der Waals surface area contributed by atoms with Crippen molar-refractivity contribution in [2.24, 2.45) is 5.73 Å². The lowest BCUT2D eigenvalue weighted by Crippen LogP contribution is -2.34. The van der Waals surface area contributed by atoms with Crippen molar-refractivity contribution in [3.63, 3.8) is 0 Å². The lowest BCUT2D eigenvalue weighted by atomic mass is 9.81. The Kier molecular flexibility index (Phi) is 2.96. The van der Waals surface area contributed by atoms with Gasteiger partial charge in [-0.3, -0.25) is 0 Å². The van der Waals surface area contributed by atoms with Crippen LogP contribution in [0.4, 0.5) is 0 Å². The molecule has 0 aromatic carbocycles. The van der Waals surface area contributed by atoms with Gasteiger partial charge in [0.2, 0.25) is 0 Å². The van der Waals surface area contributed by atoms with Gasteiger partial charge in [-0.15, -0.1) is 11.3 Å². The van der Waals surface area contributed by atoms with Gasteiger partial charge in [-0.25, -0.2) is 4.98 Å². The lowest BCUT2D eigenvalue weighted by molar-refractivity contribution is 0.0845. The zero-order valence-electron chi connectivity index (χ0n) is 9.39. The molecule has 1 aromatic heterocycles. The zero-order chi connectivity index (χ0) is 11.0. The normalized spacial score (nSPS) is 31.3. The molecule has 2 heterocycles. The molecular formula is C12H18N2OS. The SMILES string of the molecule is NC1CC(c2nc(C3CCOCC3)cs2)C1. The van der Waals surface area contributed by atoms with E-state index in [1.807, 2.05) is 11.3 Å². The molecule has 2 N–H and O–H groups in total. The Balaban J connectivity index is 1.67. The largest absolute Gasteiger partial charge is 0.381 e. The molecule has 1 aromatic rings. The van der Waals surface area contributed by atoms with E-state index in [1.54, 1.807) is 0 Å². The summed E-state index contributed by atoms with van der Waals surface area (Å²) in [7, 11) is 0. The van der Waals surface area contributed by atoms with Gasteiger partial charge in [0.1, 0.15) is 0 Å². The molecule has 1 saturated carbocycles. The first-order valence-corrected chi connectivity index (χ1v) is 6.99. The van der Waals surface area contributed by atoms with Crippen molar-refractivity contribution in [2.75, 3.05) is 13.2 Å². The van der Waals surface area contributed by atoms with Crippen LogP contribution in [0.2, 0.25) is 0 Å². The molecule has 3 rings (SSSR count). The van der Waals surface area contributed by atoms with Crippen LogP contribution in [-0.4, -0.2) is 24.2 Å². The lowest BCUT2D eigenvalue weighted by Gasteiger charge is -2.30. The van der Waals surface area contributed by atoms with Crippen LogP contribution in [0, 0.1) is 0 Å². The summed E-state index contributed by atoms with van der Waals surface area (Å²) in [6.45, 7) is 1.79. The number of hydrogen-bond acceptors (Lipinski definition) is 4. The van der Waals surface area contributed by atoms with Gasteiger partial charge in [0.05, 0.1) is 10.7 Å². The molecule has 1 saturated heterocycles. The van der Waals surface area contributed by atoms with Gasteiger partial charge >= 0.3 is 0 Å². The summed E-state index contributed by atoms with van der Waals surface area (Å²) >= 11 is 1.82. The minimum Gasteiger partial charge on any atom is -0.381 e. The van der Waals surface area contributed by atoms with Gasteiger partial charge in [-0.05, 0) is 25.7 Å². The molecule has 0 spiro atoms. The second-order valence-corrected chi connectivity index (χ2v) is 5.82. The third kappa shape index (κ3) is 2.01. The summed E-state index contributed by atoms with van der Waals surface area (Å²) in [6.07, 6.45) is 4.52. The third-order valence-corrected chi connectivity index (χ3v) is 4.73. The van der Waals surface area contributed by atoms with E-state index in [-0.39, 0.29) is 0 Å². The quantitative estimate of drug-likeness (QED) is 0.859. The van der Waals surface area contributed by atoms with Crippen LogP contribution >= 0.6 is 11.3 Å². The monoisotopic (exact) mass is 238 g/mol. The molecular weight excluding hydrogens is 220 g/mol. The van der Waals surface area contributed by atoms with Crippen LogP contribution < -0.4 is 5.73 Å². The smallest absolute Gasteiger partial charge is 0.0960 e. The maximum Gasteiger partial charge on any atom is 0.0960 e. The summed E-state index contributed by atoms with van der Waals surface area (Å²) in [5.41, 5.74) is 7.11. The van der Waals surface area contributed by atoms with Gasteiger partial charge in [-0.1, -0.05) is 0 Å². The van der Waals surface area contributed by atoms with Crippen molar-refractivity contribution >= 4 is 11.3 Å². The van der Waals surface area contributed by atoms with Gasteiger partial charge in [-0.2, -0.15) is 0 Å². The summed E-state index contributed by atoms with van der Waals surface area (Å²) < 4.78 is 5.38. The van der Waals surface area contributed by atoms with E-state index in [9.17, 15) is 0 Å². The minimum atomic E-state index is 0.417. The second kappa shape index (κ2) is 4.43. The zero-order valence-corrected chi connectivity index (χ0v) is 10.2. The predicted octanol–water partition coefficient (Wildman–Crippen LogP) is 2.24. The number of nitrogens with two attached hydrogens (primary N) is 1. The van der Waals surface area contributed by atoms with E-state index in [2.05, 4.69) is 5.38 Å². The van der Waals surface area contributed by atoms with E-state index in [0.29, 0.717) is 17.9 Å². The van der Waals surface area contributed by atoms with Gasteiger partial charge in [0, 0.05) is 36.5 Å². The molecule has 1 aliphatic heterocycles. The first-order chi connectivity index (χ1) is 7.83. The van der Waals surface area contributed by atoms with Gasteiger partial charge in [0.15, 0.2) is 0 Å². The highest BCUT2D eigenvalue weighted by atomic mass is 32.1. The first kappa shape index (κ1) is 10.7. The molecule has 0 bridgehead atoms. The van der Waals surface area contributed by atoms with Crippen LogP contribution in [0.3, 0.4) is 0 Å². The fraction of sp³-hybridized carbons (Fsp3) is 0.750. The molecule has 88 valence electrons. The summed E-state index contributed by atoms with van der Waals surface area (Å²) in [5.74, 6) is 1.28. The Bertz CT molecular complexity index is 354. The third-order valence-electron chi connectivity index (χ3n) is 3.70. The number of rotatable bonds is 2. The van der Waals surface area contributed by atoms with Crippen LogP contribution in [0.15, 0.2) is 5.38 Å². The molecule has 1 aliphatic carbocycles. The molecule has 4 heteroatoms. The molecule has 2 aliphatic rings. The average Bonchev–Trinajstić information content (AvgIpc) is 2.75. The maximum absolute atomic E-state index is 5.82. The molecule has 0 atom stereocenters. The van der Waals surface area contributed by atoms with Crippen LogP contribution in [0.1, 0.15) is 48.2 Å². The minimum absolute atomic E-state index is 0.417. The highest BCUT2D eigenvalue weighted by Crippen LogP contribution is 2.38. The van der Waals surface area contributed by atoms with Crippen LogP contribution in [-0.2, 0) is 4.74 Å². The van der Waals surface area contributed by atoms with Crippen LogP contribution in [0.25, 0.3) is 0 Å². The highest BCUT2D eigenvalue weighted by Gasteiger charge is 2.30. The molecule has 0 radical (unpaired) electrons. The molecule has 0 amide bonds. The highest BCUT2D eigenvalue weighted by molar-refractivity contribution is 7.09. The molecule has 0 unspecified atom stereocenters. The number of ether oxygens (including phenoxy) is 1. The van der Waals surface area contributed by atoms with Gasteiger partial charge < -0.3 is 10.5 Å². The Labute approximate surface area is 100 Å². The van der Waals surface area contributed by atoms with E-state index in [0.717, 1.165) is 38.9 Å². The van der Waals surface area contributed by atoms with Crippen LogP contribution in [0.5, 0.6) is 0 Å². The fourth-order valence-electron chi connectivity index (χ4n) is 2.53. The topological polar surface area (TPSA) is 48.1 Å². The van der Waals surface area contributed by atoms with Crippen molar-refractivity contribution in [2.45, 2.75) is 43.6 Å². The van der Waals surface area contributed by atoms with Crippen molar-refractivity contribution in [1.82, 2.24) is 4.98 Å². The Morgan fingerprint density at radius 2 is 2.00 bits per heavy atom. The van der Waals surface area contributed by atoms with E-state index >= 15 is 0 Å². The fourth-order valence-corrected chi connectivity index (χ4v) is 3.56. The molecule has 3 nitrogen and oxygen atoms in total. The van der Waals surface area contributed by atoms with Crippen molar-refractivity contribution in [1.29, 1.82) is 0 Å². The Morgan fingerprint density at radius 1 is 1.25 bits per heavy atom. The van der Waals surface area contributed by atoms with Crippen molar-refractivity contribution < 1.29 is 4.74 Å².